The fraction of sp³-hybridized carbons (Fsp3) is 0.632. The van der Waals surface area contributed by atoms with Crippen LogP contribution in [0.4, 0.5) is 0 Å². The molecule has 23 heavy (non-hydrogen) atoms. The predicted molar refractivity (Wildman–Crippen MR) is 93.9 cm³/mol. The van der Waals surface area contributed by atoms with Crippen molar-refractivity contribution in [1.29, 1.82) is 0 Å². The highest BCUT2D eigenvalue weighted by Crippen LogP contribution is 2.21. The number of hydrogen-bond acceptors (Lipinski definition) is 3. The number of benzene rings is 1. The Morgan fingerprint density at radius 2 is 2.04 bits per heavy atom. The zero-order chi connectivity index (χ0) is 16.7. The first-order valence-corrected chi connectivity index (χ1v) is 8.84. The van der Waals surface area contributed by atoms with Crippen molar-refractivity contribution in [3.8, 4) is 5.75 Å². The Morgan fingerprint density at radius 3 is 2.74 bits per heavy atom. The van der Waals surface area contributed by atoms with Gasteiger partial charge in [-0.05, 0) is 76.4 Å². The standard InChI is InChI=1S/C19H30N2O2/c1-4-17(23-18-14-15(2)8-9-16(18)3)19(22)20-10-7-13-21-11-5-6-12-21/h8-9,14,17H,4-7,10-13H2,1-3H3,(H,20,22)/t17-/m0/s1. The minimum atomic E-state index is -0.415. The number of nitrogens with zero attached hydrogens (tertiary/aromatic N) is 1. The summed E-state index contributed by atoms with van der Waals surface area (Å²) >= 11 is 0. The number of nitrogens with one attached hydrogen (secondary N) is 1. The van der Waals surface area contributed by atoms with Crippen molar-refractivity contribution in [3.63, 3.8) is 0 Å². The van der Waals surface area contributed by atoms with E-state index in [1.165, 1.54) is 25.9 Å². The largest absolute Gasteiger partial charge is 0.480 e. The lowest BCUT2D eigenvalue weighted by atomic mass is 10.1. The normalized spacial score (nSPS) is 16.3. The molecule has 1 aliphatic rings. The van der Waals surface area contributed by atoms with Crippen LogP contribution in [0.15, 0.2) is 18.2 Å². The zero-order valence-electron chi connectivity index (χ0n) is 14.7. The molecule has 0 unspecified atom stereocenters. The molecular weight excluding hydrogens is 288 g/mol. The number of ether oxygens (including phenoxy) is 1. The molecule has 0 aromatic heterocycles. The van der Waals surface area contributed by atoms with E-state index < -0.39 is 6.10 Å². The second-order valence-corrected chi connectivity index (χ2v) is 6.48. The van der Waals surface area contributed by atoms with Crippen LogP contribution in [0.2, 0.25) is 0 Å². The Bertz CT molecular complexity index is 510. The molecule has 0 saturated carbocycles. The van der Waals surface area contributed by atoms with Gasteiger partial charge in [-0.25, -0.2) is 0 Å². The lowest BCUT2D eigenvalue weighted by Crippen LogP contribution is -2.39. The molecule has 1 aromatic carbocycles. The molecule has 128 valence electrons. The number of hydrogen-bond donors (Lipinski definition) is 1. The van der Waals surface area contributed by atoms with Crippen LogP contribution in [-0.2, 0) is 4.79 Å². The molecule has 1 N–H and O–H groups in total. The third kappa shape index (κ3) is 5.54. The second-order valence-electron chi connectivity index (χ2n) is 6.48. The van der Waals surface area contributed by atoms with Crippen LogP contribution in [0.3, 0.4) is 0 Å². The Labute approximate surface area is 140 Å². The lowest BCUT2D eigenvalue weighted by Gasteiger charge is -2.19. The van der Waals surface area contributed by atoms with E-state index in [0.717, 1.165) is 36.4 Å². The summed E-state index contributed by atoms with van der Waals surface area (Å²) in [5, 5.41) is 3.02. The van der Waals surface area contributed by atoms with E-state index in [9.17, 15) is 4.79 Å². The Morgan fingerprint density at radius 1 is 1.30 bits per heavy atom. The van der Waals surface area contributed by atoms with Gasteiger partial charge in [0.25, 0.3) is 5.91 Å². The fourth-order valence-corrected chi connectivity index (χ4v) is 2.94. The molecule has 4 nitrogen and oxygen atoms in total. The highest BCUT2D eigenvalue weighted by Gasteiger charge is 2.19. The van der Waals surface area contributed by atoms with E-state index in [0.29, 0.717) is 6.42 Å². The van der Waals surface area contributed by atoms with Gasteiger partial charge in [0.2, 0.25) is 0 Å². The SMILES string of the molecule is CC[C@H](Oc1cc(C)ccc1C)C(=O)NCCCN1CCCC1. The second kappa shape index (κ2) is 8.92. The molecule has 4 heteroatoms. The van der Waals surface area contributed by atoms with Crippen molar-refractivity contribution in [1.82, 2.24) is 10.2 Å². The van der Waals surface area contributed by atoms with Crippen LogP contribution < -0.4 is 10.1 Å². The average Bonchev–Trinajstić information content (AvgIpc) is 3.05. The van der Waals surface area contributed by atoms with Crippen LogP contribution >= 0.6 is 0 Å². The summed E-state index contributed by atoms with van der Waals surface area (Å²) in [6.07, 6.45) is 3.89. The van der Waals surface area contributed by atoms with Crippen molar-refractivity contribution in [2.45, 2.75) is 52.6 Å². The van der Waals surface area contributed by atoms with E-state index in [2.05, 4.69) is 16.3 Å². The first-order valence-electron chi connectivity index (χ1n) is 8.84. The van der Waals surface area contributed by atoms with E-state index in [1.54, 1.807) is 0 Å². The molecule has 1 heterocycles. The van der Waals surface area contributed by atoms with Gasteiger partial charge >= 0.3 is 0 Å². The van der Waals surface area contributed by atoms with Crippen molar-refractivity contribution in [3.05, 3.63) is 29.3 Å². The first kappa shape index (κ1) is 17.8. The number of likely N-dealkylation sites (tertiary alicyclic amines) is 1. The molecule has 0 radical (unpaired) electrons. The summed E-state index contributed by atoms with van der Waals surface area (Å²) in [5.74, 6) is 0.805. The zero-order valence-corrected chi connectivity index (χ0v) is 14.7. The molecule has 0 bridgehead atoms. The van der Waals surface area contributed by atoms with E-state index in [4.69, 9.17) is 4.74 Å². The molecule has 1 atom stereocenters. The van der Waals surface area contributed by atoms with Crippen LogP contribution in [-0.4, -0.2) is 43.1 Å². The molecule has 1 aliphatic heterocycles. The van der Waals surface area contributed by atoms with Crippen molar-refractivity contribution >= 4 is 5.91 Å². The van der Waals surface area contributed by atoms with Gasteiger partial charge in [0.1, 0.15) is 5.75 Å². The number of carbonyl (C=O) groups excluding carboxylic acids is 1. The Kier molecular flexibility index (Phi) is 6.90. The van der Waals surface area contributed by atoms with Gasteiger partial charge in [0, 0.05) is 6.54 Å². The average molecular weight is 318 g/mol. The number of rotatable bonds is 8. The number of carbonyl (C=O) groups is 1. The van der Waals surface area contributed by atoms with Crippen LogP contribution in [0, 0.1) is 13.8 Å². The maximum absolute atomic E-state index is 12.3. The van der Waals surface area contributed by atoms with Crippen molar-refractivity contribution in [2.75, 3.05) is 26.2 Å². The topological polar surface area (TPSA) is 41.6 Å². The van der Waals surface area contributed by atoms with Gasteiger partial charge in [-0.15, -0.1) is 0 Å². The quantitative estimate of drug-likeness (QED) is 0.749. The molecule has 0 spiro atoms. The summed E-state index contributed by atoms with van der Waals surface area (Å²) in [4.78, 5) is 14.8. The van der Waals surface area contributed by atoms with Gasteiger partial charge in [-0.1, -0.05) is 19.1 Å². The summed E-state index contributed by atoms with van der Waals surface area (Å²) in [5.41, 5.74) is 2.21. The van der Waals surface area contributed by atoms with Crippen molar-refractivity contribution in [2.24, 2.45) is 0 Å². The smallest absolute Gasteiger partial charge is 0.261 e. The molecule has 1 amide bonds. The Balaban J connectivity index is 1.77. The minimum absolute atomic E-state index is 0.00479. The van der Waals surface area contributed by atoms with Crippen LogP contribution in [0.5, 0.6) is 5.75 Å². The third-order valence-electron chi connectivity index (χ3n) is 4.43. The Hall–Kier alpha value is -1.55. The summed E-state index contributed by atoms with van der Waals surface area (Å²) < 4.78 is 5.95. The summed E-state index contributed by atoms with van der Waals surface area (Å²) in [6.45, 7) is 10.3. The molecule has 1 fully saturated rings. The van der Waals surface area contributed by atoms with Gasteiger partial charge in [-0.3, -0.25) is 4.79 Å². The van der Waals surface area contributed by atoms with Gasteiger partial charge in [0.05, 0.1) is 0 Å². The maximum atomic E-state index is 12.3. The van der Waals surface area contributed by atoms with Crippen molar-refractivity contribution < 1.29 is 9.53 Å². The number of aryl methyl sites for hydroxylation is 2. The summed E-state index contributed by atoms with van der Waals surface area (Å²) in [6, 6.07) is 6.09. The van der Waals surface area contributed by atoms with Gasteiger partial charge < -0.3 is 15.0 Å². The highest BCUT2D eigenvalue weighted by atomic mass is 16.5. The molecular formula is C19H30N2O2. The summed E-state index contributed by atoms with van der Waals surface area (Å²) in [7, 11) is 0. The minimum Gasteiger partial charge on any atom is -0.480 e. The maximum Gasteiger partial charge on any atom is 0.261 e. The van der Waals surface area contributed by atoms with Gasteiger partial charge in [0.15, 0.2) is 6.10 Å². The predicted octanol–water partition coefficient (Wildman–Crippen LogP) is 3.06. The van der Waals surface area contributed by atoms with E-state index >= 15 is 0 Å². The highest BCUT2D eigenvalue weighted by molar-refractivity contribution is 5.81. The number of amides is 1. The molecule has 2 rings (SSSR count). The van der Waals surface area contributed by atoms with Gasteiger partial charge in [-0.2, -0.15) is 0 Å². The molecule has 0 aliphatic carbocycles. The van der Waals surface area contributed by atoms with Crippen LogP contribution in [0.25, 0.3) is 0 Å². The fourth-order valence-electron chi connectivity index (χ4n) is 2.94. The molecule has 1 saturated heterocycles. The van der Waals surface area contributed by atoms with E-state index in [1.807, 2.05) is 32.9 Å². The molecule has 1 aromatic rings. The lowest BCUT2D eigenvalue weighted by molar-refractivity contribution is -0.128. The van der Waals surface area contributed by atoms with E-state index in [-0.39, 0.29) is 5.91 Å². The first-order chi connectivity index (χ1) is 11.1. The van der Waals surface area contributed by atoms with Crippen LogP contribution in [0.1, 0.15) is 43.7 Å². The third-order valence-corrected chi connectivity index (χ3v) is 4.43. The monoisotopic (exact) mass is 318 g/mol.